The number of rotatable bonds is 6. The second-order valence-electron chi connectivity index (χ2n) is 4.83. The highest BCUT2D eigenvalue weighted by Crippen LogP contribution is 2.13. The number of amides is 2. The van der Waals surface area contributed by atoms with Crippen LogP contribution in [0.5, 0.6) is 5.75 Å². The van der Waals surface area contributed by atoms with Crippen LogP contribution in [0, 0.1) is 0 Å². The van der Waals surface area contributed by atoms with Crippen molar-refractivity contribution in [3.63, 3.8) is 0 Å². The minimum Gasteiger partial charge on any atom is -0.490 e. The van der Waals surface area contributed by atoms with Crippen LogP contribution in [0.15, 0.2) is 66.3 Å². The number of hydrazone groups is 1. The van der Waals surface area contributed by atoms with Crippen LogP contribution in [0.3, 0.4) is 0 Å². The van der Waals surface area contributed by atoms with Gasteiger partial charge in [0.05, 0.1) is 6.21 Å². The molecule has 0 aromatic heterocycles. The van der Waals surface area contributed by atoms with Crippen LogP contribution < -0.4 is 15.5 Å². The molecular weight excluding hydrogens is 342 g/mol. The molecular formula is C18H16ClN3O3. The van der Waals surface area contributed by atoms with Crippen molar-refractivity contribution in [1.82, 2.24) is 5.43 Å². The fraction of sp³-hybridized carbons (Fsp3) is 0.0556. The molecule has 6 nitrogen and oxygen atoms in total. The highest BCUT2D eigenvalue weighted by Gasteiger charge is 2.12. The quantitative estimate of drug-likeness (QED) is 0.361. The lowest BCUT2D eigenvalue weighted by Crippen LogP contribution is -2.32. The van der Waals surface area contributed by atoms with Crippen molar-refractivity contribution >= 4 is 35.3 Å². The summed E-state index contributed by atoms with van der Waals surface area (Å²) in [6.45, 7) is 3.99. The minimum absolute atomic E-state index is 0.423. The normalized spacial score (nSPS) is 10.3. The zero-order valence-electron chi connectivity index (χ0n) is 13.2. The molecule has 0 aliphatic heterocycles. The Kier molecular flexibility index (Phi) is 6.74. The van der Waals surface area contributed by atoms with E-state index < -0.39 is 11.8 Å². The molecule has 0 unspecified atom stereocenters. The Bertz CT molecular complexity index is 771. The summed E-state index contributed by atoms with van der Waals surface area (Å²) in [5.41, 5.74) is 3.36. The molecule has 0 saturated heterocycles. The van der Waals surface area contributed by atoms with Gasteiger partial charge in [0.15, 0.2) is 0 Å². The molecule has 0 spiro atoms. The van der Waals surface area contributed by atoms with Crippen molar-refractivity contribution in [2.75, 3.05) is 11.9 Å². The first-order valence-corrected chi connectivity index (χ1v) is 7.70. The van der Waals surface area contributed by atoms with Crippen LogP contribution in [-0.4, -0.2) is 24.6 Å². The van der Waals surface area contributed by atoms with Gasteiger partial charge in [0.2, 0.25) is 0 Å². The second kappa shape index (κ2) is 9.24. The monoisotopic (exact) mass is 357 g/mol. The topological polar surface area (TPSA) is 79.8 Å². The van der Waals surface area contributed by atoms with Crippen molar-refractivity contribution < 1.29 is 14.3 Å². The molecule has 2 amide bonds. The number of benzene rings is 2. The molecule has 2 rings (SSSR count). The van der Waals surface area contributed by atoms with E-state index >= 15 is 0 Å². The summed E-state index contributed by atoms with van der Waals surface area (Å²) in [6, 6.07) is 13.5. The van der Waals surface area contributed by atoms with Gasteiger partial charge in [-0.25, -0.2) is 5.43 Å². The number of anilines is 1. The van der Waals surface area contributed by atoms with Crippen molar-refractivity contribution in [1.29, 1.82) is 0 Å². The zero-order chi connectivity index (χ0) is 18.1. The molecule has 2 aromatic rings. The van der Waals surface area contributed by atoms with Crippen LogP contribution in [0.4, 0.5) is 5.69 Å². The summed E-state index contributed by atoms with van der Waals surface area (Å²) < 4.78 is 5.35. The van der Waals surface area contributed by atoms with Gasteiger partial charge < -0.3 is 10.1 Å². The largest absolute Gasteiger partial charge is 0.490 e. The molecule has 0 fully saturated rings. The second-order valence-corrected chi connectivity index (χ2v) is 5.27. The van der Waals surface area contributed by atoms with Crippen LogP contribution >= 0.6 is 11.6 Å². The van der Waals surface area contributed by atoms with Gasteiger partial charge in [0.1, 0.15) is 12.4 Å². The van der Waals surface area contributed by atoms with E-state index in [1.165, 1.54) is 6.21 Å². The first-order chi connectivity index (χ1) is 12.1. The smallest absolute Gasteiger partial charge is 0.329 e. The van der Waals surface area contributed by atoms with Crippen LogP contribution in [0.1, 0.15) is 5.56 Å². The van der Waals surface area contributed by atoms with E-state index in [1.807, 2.05) is 0 Å². The SMILES string of the molecule is C=CCOc1ccc(/C=N/NC(=O)C(=O)Nc2ccc(Cl)cc2)cc1. The van der Waals surface area contributed by atoms with E-state index in [-0.39, 0.29) is 0 Å². The third-order valence-electron chi connectivity index (χ3n) is 2.94. The van der Waals surface area contributed by atoms with Crippen molar-refractivity contribution in [2.24, 2.45) is 5.10 Å². The summed E-state index contributed by atoms with van der Waals surface area (Å²) in [4.78, 5) is 23.4. The molecule has 0 bridgehead atoms. The molecule has 0 radical (unpaired) electrons. The molecule has 0 saturated carbocycles. The van der Waals surface area contributed by atoms with Crippen molar-refractivity contribution in [2.45, 2.75) is 0 Å². The van der Waals surface area contributed by atoms with Gasteiger partial charge in [-0.2, -0.15) is 5.10 Å². The zero-order valence-corrected chi connectivity index (χ0v) is 14.0. The van der Waals surface area contributed by atoms with Gasteiger partial charge in [-0.05, 0) is 54.1 Å². The number of ether oxygens (including phenoxy) is 1. The summed E-state index contributed by atoms with van der Waals surface area (Å²) >= 11 is 5.75. The Morgan fingerprint density at radius 2 is 1.76 bits per heavy atom. The highest BCUT2D eigenvalue weighted by atomic mass is 35.5. The van der Waals surface area contributed by atoms with E-state index in [2.05, 4.69) is 22.4 Å². The maximum absolute atomic E-state index is 11.7. The number of carbonyl (C=O) groups is 2. The maximum Gasteiger partial charge on any atom is 0.329 e. The molecule has 0 atom stereocenters. The summed E-state index contributed by atoms with van der Waals surface area (Å²) in [7, 11) is 0. The first-order valence-electron chi connectivity index (χ1n) is 7.32. The maximum atomic E-state index is 11.7. The molecule has 128 valence electrons. The summed E-state index contributed by atoms with van der Waals surface area (Å²) in [6.07, 6.45) is 3.07. The number of hydrogen-bond donors (Lipinski definition) is 2. The van der Waals surface area contributed by atoms with E-state index in [1.54, 1.807) is 54.6 Å². The Labute approximate surface area is 150 Å². The standard InChI is InChI=1S/C18H16ClN3O3/c1-2-11-25-16-9-3-13(4-10-16)12-20-22-18(24)17(23)21-15-7-5-14(19)6-8-15/h2-10,12H,1,11H2,(H,21,23)(H,22,24)/b20-12+. The molecule has 25 heavy (non-hydrogen) atoms. The predicted octanol–water partition coefficient (Wildman–Crippen LogP) is 2.99. The van der Waals surface area contributed by atoms with Gasteiger partial charge in [0, 0.05) is 10.7 Å². The Morgan fingerprint density at radius 3 is 2.40 bits per heavy atom. The molecule has 0 aliphatic rings. The Hall–Kier alpha value is -3.12. The molecule has 2 N–H and O–H groups in total. The minimum atomic E-state index is -0.878. The number of halogens is 1. The van der Waals surface area contributed by atoms with Crippen LogP contribution in [0.25, 0.3) is 0 Å². The van der Waals surface area contributed by atoms with Gasteiger partial charge in [-0.15, -0.1) is 0 Å². The fourth-order valence-electron chi connectivity index (χ4n) is 1.74. The average Bonchev–Trinajstić information content (AvgIpc) is 2.62. The number of nitrogens with one attached hydrogen (secondary N) is 2. The van der Waals surface area contributed by atoms with Gasteiger partial charge >= 0.3 is 11.8 Å². The van der Waals surface area contributed by atoms with Gasteiger partial charge in [-0.1, -0.05) is 24.3 Å². The van der Waals surface area contributed by atoms with Gasteiger partial charge in [-0.3, -0.25) is 9.59 Å². The van der Waals surface area contributed by atoms with Crippen LogP contribution in [0.2, 0.25) is 5.02 Å². The number of hydrogen-bond acceptors (Lipinski definition) is 4. The summed E-state index contributed by atoms with van der Waals surface area (Å²) in [5, 5.41) is 6.72. The van der Waals surface area contributed by atoms with Gasteiger partial charge in [0.25, 0.3) is 0 Å². The summed E-state index contributed by atoms with van der Waals surface area (Å²) in [5.74, 6) is -1.01. The molecule has 0 heterocycles. The molecule has 7 heteroatoms. The van der Waals surface area contributed by atoms with E-state index in [0.29, 0.717) is 23.1 Å². The van der Waals surface area contributed by atoms with Crippen LogP contribution in [-0.2, 0) is 9.59 Å². The van der Waals surface area contributed by atoms with Crippen molar-refractivity contribution in [3.8, 4) is 5.75 Å². The fourth-order valence-corrected chi connectivity index (χ4v) is 1.87. The molecule has 0 aliphatic carbocycles. The third-order valence-corrected chi connectivity index (χ3v) is 3.19. The van der Waals surface area contributed by atoms with Crippen molar-refractivity contribution in [3.05, 3.63) is 71.8 Å². The lowest BCUT2D eigenvalue weighted by molar-refractivity contribution is -0.136. The lowest BCUT2D eigenvalue weighted by Gasteiger charge is -2.04. The third kappa shape index (κ3) is 6.12. The van der Waals surface area contributed by atoms with E-state index in [4.69, 9.17) is 16.3 Å². The first kappa shape index (κ1) is 18.2. The highest BCUT2D eigenvalue weighted by molar-refractivity contribution is 6.39. The lowest BCUT2D eigenvalue weighted by atomic mass is 10.2. The number of carbonyl (C=O) groups excluding carboxylic acids is 2. The number of nitrogens with zero attached hydrogens (tertiary/aromatic N) is 1. The Balaban J connectivity index is 1.83. The predicted molar refractivity (Wildman–Crippen MR) is 98.0 cm³/mol. The average molecular weight is 358 g/mol. The Morgan fingerprint density at radius 1 is 1.08 bits per heavy atom. The van der Waals surface area contributed by atoms with E-state index in [0.717, 1.165) is 5.56 Å². The molecule has 2 aromatic carbocycles. The van der Waals surface area contributed by atoms with E-state index in [9.17, 15) is 9.59 Å².